The van der Waals surface area contributed by atoms with Gasteiger partial charge in [0.2, 0.25) is 5.91 Å². The fraction of sp³-hybridized carbons (Fsp3) is 0.533. The molecule has 1 atom stereocenters. The van der Waals surface area contributed by atoms with Crippen LogP contribution in [0.15, 0.2) is 24.3 Å². The summed E-state index contributed by atoms with van der Waals surface area (Å²) in [5.74, 6) is -0.184. The first-order chi connectivity index (χ1) is 9.88. The van der Waals surface area contributed by atoms with Gasteiger partial charge in [-0.3, -0.25) is 9.69 Å². The minimum atomic E-state index is -4.36. The molecule has 6 heteroatoms. The second-order valence-corrected chi connectivity index (χ2v) is 5.34. The van der Waals surface area contributed by atoms with Gasteiger partial charge in [0.15, 0.2) is 0 Å². The lowest BCUT2D eigenvalue weighted by atomic mass is 10.1. The van der Waals surface area contributed by atoms with E-state index >= 15 is 0 Å². The Hall–Kier alpha value is -1.56. The minimum absolute atomic E-state index is 0.184. The molecule has 0 saturated carbocycles. The highest BCUT2D eigenvalue weighted by Crippen LogP contribution is 2.29. The summed E-state index contributed by atoms with van der Waals surface area (Å²) in [6, 6.07) is 4.24. The van der Waals surface area contributed by atoms with Crippen molar-refractivity contribution >= 4 is 11.6 Å². The van der Waals surface area contributed by atoms with Crippen LogP contribution in [0.1, 0.15) is 31.7 Å². The van der Waals surface area contributed by atoms with Crippen molar-refractivity contribution in [2.45, 2.75) is 38.4 Å². The van der Waals surface area contributed by atoms with Crippen molar-refractivity contribution in [3.05, 3.63) is 29.8 Å². The van der Waals surface area contributed by atoms with E-state index in [1.165, 1.54) is 18.6 Å². The summed E-state index contributed by atoms with van der Waals surface area (Å²) in [5.41, 5.74) is -0.332. The standard InChI is InChI=1S/C15H19F3N2O/c1-11(20-9-3-2-4-10-20)14(21)19-13-7-5-12(6-8-13)15(16,17)18/h5-8,11H,2-4,9-10H2,1H3,(H,19,21). The monoisotopic (exact) mass is 300 g/mol. The van der Waals surface area contributed by atoms with Gasteiger partial charge in [0.25, 0.3) is 0 Å². The highest BCUT2D eigenvalue weighted by Gasteiger charge is 2.30. The lowest BCUT2D eigenvalue weighted by Crippen LogP contribution is -2.44. The van der Waals surface area contributed by atoms with E-state index in [-0.39, 0.29) is 11.9 Å². The lowest BCUT2D eigenvalue weighted by Gasteiger charge is -2.31. The van der Waals surface area contributed by atoms with Crippen LogP contribution in [0, 0.1) is 0 Å². The molecule has 1 aromatic carbocycles. The molecule has 2 rings (SSSR count). The number of carbonyl (C=O) groups excluding carboxylic acids is 1. The topological polar surface area (TPSA) is 32.3 Å². The molecule has 0 aliphatic carbocycles. The van der Waals surface area contributed by atoms with Crippen LogP contribution in [-0.4, -0.2) is 29.9 Å². The Morgan fingerprint density at radius 2 is 1.71 bits per heavy atom. The molecule has 1 unspecified atom stereocenters. The van der Waals surface area contributed by atoms with Crippen molar-refractivity contribution in [1.29, 1.82) is 0 Å². The lowest BCUT2D eigenvalue weighted by molar-refractivity contribution is -0.137. The Morgan fingerprint density at radius 3 is 2.24 bits per heavy atom. The van der Waals surface area contributed by atoms with Crippen LogP contribution in [0.25, 0.3) is 0 Å². The molecule has 1 aliphatic rings. The van der Waals surface area contributed by atoms with Crippen LogP contribution in [0.4, 0.5) is 18.9 Å². The molecule has 0 spiro atoms. The summed E-state index contributed by atoms with van der Waals surface area (Å²) in [6.07, 6.45) is -1.01. The summed E-state index contributed by atoms with van der Waals surface area (Å²) >= 11 is 0. The third-order valence-corrected chi connectivity index (χ3v) is 3.80. The number of benzene rings is 1. The van der Waals surface area contributed by atoms with Crippen molar-refractivity contribution in [3.8, 4) is 0 Å². The second kappa shape index (κ2) is 6.47. The predicted molar refractivity (Wildman–Crippen MR) is 75.0 cm³/mol. The van der Waals surface area contributed by atoms with Crippen LogP contribution in [0.3, 0.4) is 0 Å². The number of likely N-dealkylation sites (tertiary alicyclic amines) is 1. The first kappa shape index (κ1) is 15.8. The maximum atomic E-state index is 12.5. The molecule has 116 valence electrons. The normalized spacial score (nSPS) is 18.3. The van der Waals surface area contributed by atoms with Crippen molar-refractivity contribution in [2.75, 3.05) is 18.4 Å². The number of halogens is 3. The minimum Gasteiger partial charge on any atom is -0.325 e. The zero-order valence-electron chi connectivity index (χ0n) is 11.9. The highest BCUT2D eigenvalue weighted by molar-refractivity contribution is 5.94. The number of hydrogen-bond donors (Lipinski definition) is 1. The van der Waals surface area contributed by atoms with Crippen molar-refractivity contribution < 1.29 is 18.0 Å². The Morgan fingerprint density at radius 1 is 1.14 bits per heavy atom. The van der Waals surface area contributed by atoms with Crippen LogP contribution < -0.4 is 5.32 Å². The molecule has 1 aromatic rings. The fourth-order valence-electron chi connectivity index (χ4n) is 2.46. The van der Waals surface area contributed by atoms with E-state index in [0.717, 1.165) is 38.1 Å². The quantitative estimate of drug-likeness (QED) is 0.926. The predicted octanol–water partition coefficient (Wildman–Crippen LogP) is 3.52. The summed E-state index contributed by atoms with van der Waals surface area (Å²) in [6.45, 7) is 3.61. The number of amides is 1. The first-order valence-electron chi connectivity index (χ1n) is 7.10. The first-order valence-corrected chi connectivity index (χ1v) is 7.10. The maximum Gasteiger partial charge on any atom is 0.416 e. The summed E-state index contributed by atoms with van der Waals surface area (Å²) in [7, 11) is 0. The number of hydrogen-bond acceptors (Lipinski definition) is 2. The number of nitrogens with zero attached hydrogens (tertiary/aromatic N) is 1. The zero-order valence-corrected chi connectivity index (χ0v) is 11.9. The third-order valence-electron chi connectivity index (χ3n) is 3.80. The van der Waals surface area contributed by atoms with E-state index in [2.05, 4.69) is 10.2 Å². The summed E-state index contributed by atoms with van der Waals surface area (Å²) in [5, 5.41) is 2.67. The molecule has 1 amide bonds. The van der Waals surface area contributed by atoms with Crippen LogP contribution in [0.2, 0.25) is 0 Å². The number of alkyl halides is 3. The maximum absolute atomic E-state index is 12.5. The molecule has 1 aliphatic heterocycles. The van der Waals surface area contributed by atoms with Crippen molar-refractivity contribution in [3.63, 3.8) is 0 Å². The van der Waals surface area contributed by atoms with Gasteiger partial charge in [-0.2, -0.15) is 13.2 Å². The molecule has 1 N–H and O–H groups in total. The smallest absolute Gasteiger partial charge is 0.325 e. The van der Waals surface area contributed by atoms with E-state index < -0.39 is 11.7 Å². The zero-order chi connectivity index (χ0) is 15.5. The van der Waals surface area contributed by atoms with Crippen LogP contribution >= 0.6 is 0 Å². The van der Waals surface area contributed by atoms with E-state index in [9.17, 15) is 18.0 Å². The summed E-state index contributed by atoms with van der Waals surface area (Å²) in [4.78, 5) is 14.2. The Labute approximate surface area is 122 Å². The number of carbonyl (C=O) groups is 1. The average molecular weight is 300 g/mol. The Bertz CT molecular complexity index is 479. The van der Waals surface area contributed by atoms with E-state index in [1.807, 2.05) is 6.92 Å². The van der Waals surface area contributed by atoms with E-state index in [1.54, 1.807) is 0 Å². The van der Waals surface area contributed by atoms with Crippen LogP contribution in [-0.2, 0) is 11.0 Å². The number of rotatable bonds is 3. The van der Waals surface area contributed by atoms with Gasteiger partial charge in [-0.05, 0) is 57.1 Å². The number of nitrogens with one attached hydrogen (secondary N) is 1. The average Bonchev–Trinajstić information content (AvgIpc) is 2.47. The SMILES string of the molecule is CC(C(=O)Nc1ccc(C(F)(F)F)cc1)N1CCCCC1. The molecule has 0 aromatic heterocycles. The van der Waals surface area contributed by atoms with E-state index in [0.29, 0.717) is 5.69 Å². The number of piperidine rings is 1. The molecule has 1 saturated heterocycles. The van der Waals surface area contributed by atoms with Crippen molar-refractivity contribution in [1.82, 2.24) is 4.90 Å². The second-order valence-electron chi connectivity index (χ2n) is 5.34. The highest BCUT2D eigenvalue weighted by atomic mass is 19.4. The fourth-order valence-corrected chi connectivity index (χ4v) is 2.46. The molecular formula is C15H19F3N2O. The molecule has 21 heavy (non-hydrogen) atoms. The van der Waals surface area contributed by atoms with Gasteiger partial charge in [0.1, 0.15) is 0 Å². The molecule has 1 heterocycles. The Kier molecular flexibility index (Phi) is 4.88. The van der Waals surface area contributed by atoms with Gasteiger partial charge in [-0.25, -0.2) is 0 Å². The van der Waals surface area contributed by atoms with Gasteiger partial charge in [-0.1, -0.05) is 6.42 Å². The molecule has 1 fully saturated rings. The van der Waals surface area contributed by atoms with Gasteiger partial charge in [-0.15, -0.1) is 0 Å². The van der Waals surface area contributed by atoms with Crippen molar-refractivity contribution in [2.24, 2.45) is 0 Å². The number of anilines is 1. The molecular weight excluding hydrogens is 281 g/mol. The van der Waals surface area contributed by atoms with Gasteiger partial charge < -0.3 is 5.32 Å². The molecule has 0 bridgehead atoms. The third kappa shape index (κ3) is 4.20. The Balaban J connectivity index is 1.95. The van der Waals surface area contributed by atoms with Gasteiger partial charge in [0.05, 0.1) is 11.6 Å². The molecule has 3 nitrogen and oxygen atoms in total. The van der Waals surface area contributed by atoms with Gasteiger partial charge in [0, 0.05) is 5.69 Å². The summed E-state index contributed by atoms with van der Waals surface area (Å²) < 4.78 is 37.4. The largest absolute Gasteiger partial charge is 0.416 e. The van der Waals surface area contributed by atoms with Gasteiger partial charge >= 0.3 is 6.18 Å². The molecule has 0 radical (unpaired) electrons. The van der Waals surface area contributed by atoms with E-state index in [4.69, 9.17) is 0 Å². The van der Waals surface area contributed by atoms with Crippen LogP contribution in [0.5, 0.6) is 0 Å².